The summed E-state index contributed by atoms with van der Waals surface area (Å²) in [6.45, 7) is 3.77. The molecule has 0 amide bonds. The van der Waals surface area contributed by atoms with E-state index in [1.165, 1.54) is 5.56 Å². The first-order chi connectivity index (χ1) is 18.7. The second-order valence-electron chi connectivity index (χ2n) is 10.4. The van der Waals surface area contributed by atoms with E-state index in [0.717, 1.165) is 97.6 Å². The number of H-pyrrole nitrogens is 1. The smallest absolute Gasteiger partial charge is 0.164 e. The number of nitrogens with zero attached hydrogens (tertiary/aromatic N) is 6. The SMILES string of the molecule is Nc1ncnc2c1c(-c1ccc3nc(Cc4ccccc4)[nH]c3c1)nn2C1CCC(N2CCOCC2)CC1. The zero-order valence-electron chi connectivity index (χ0n) is 21.4. The summed E-state index contributed by atoms with van der Waals surface area (Å²) in [6, 6.07) is 17.5. The van der Waals surface area contributed by atoms with Gasteiger partial charge in [0, 0.05) is 31.1 Å². The quantitative estimate of drug-likeness (QED) is 0.363. The summed E-state index contributed by atoms with van der Waals surface area (Å²) in [5.74, 6) is 1.41. The maximum absolute atomic E-state index is 6.42. The summed E-state index contributed by atoms with van der Waals surface area (Å²) in [7, 11) is 0. The molecule has 4 heterocycles. The maximum atomic E-state index is 6.42. The Balaban J connectivity index is 1.19. The van der Waals surface area contributed by atoms with Crippen molar-refractivity contribution in [1.29, 1.82) is 0 Å². The van der Waals surface area contributed by atoms with Gasteiger partial charge in [-0.2, -0.15) is 5.10 Å². The lowest BCUT2D eigenvalue weighted by atomic mass is 9.90. The molecule has 2 aromatic carbocycles. The van der Waals surface area contributed by atoms with Gasteiger partial charge in [0.15, 0.2) is 5.65 Å². The van der Waals surface area contributed by atoms with Crippen LogP contribution in [0.3, 0.4) is 0 Å². The molecule has 3 aromatic heterocycles. The molecule has 1 aliphatic carbocycles. The van der Waals surface area contributed by atoms with Crippen LogP contribution < -0.4 is 5.73 Å². The highest BCUT2D eigenvalue weighted by atomic mass is 16.5. The molecule has 2 fully saturated rings. The first kappa shape index (κ1) is 23.3. The number of anilines is 1. The highest BCUT2D eigenvalue weighted by Gasteiger charge is 2.30. The Morgan fingerprint density at radius 1 is 0.947 bits per heavy atom. The normalized spacial score (nSPS) is 20.8. The second-order valence-corrected chi connectivity index (χ2v) is 10.4. The highest BCUT2D eigenvalue weighted by Crippen LogP contribution is 2.37. The summed E-state index contributed by atoms with van der Waals surface area (Å²) in [5, 5.41) is 5.95. The number of benzene rings is 2. The zero-order chi connectivity index (χ0) is 25.5. The molecular weight excluding hydrogens is 476 g/mol. The number of aromatic amines is 1. The number of nitrogens with one attached hydrogen (secondary N) is 1. The third-order valence-electron chi connectivity index (χ3n) is 8.11. The number of hydrogen-bond acceptors (Lipinski definition) is 7. The molecule has 1 aliphatic heterocycles. The summed E-state index contributed by atoms with van der Waals surface area (Å²) in [6.07, 6.45) is 6.77. The van der Waals surface area contributed by atoms with Gasteiger partial charge in [-0.1, -0.05) is 36.4 Å². The molecule has 2 aliphatic rings. The molecule has 7 rings (SSSR count). The van der Waals surface area contributed by atoms with Crippen LogP contribution in [-0.4, -0.2) is 67.0 Å². The molecule has 3 N–H and O–H groups in total. The van der Waals surface area contributed by atoms with Crippen LogP contribution in [0.1, 0.15) is 43.1 Å². The van der Waals surface area contributed by atoms with Crippen LogP contribution in [0.4, 0.5) is 5.82 Å². The molecule has 9 nitrogen and oxygen atoms in total. The predicted octanol–water partition coefficient (Wildman–Crippen LogP) is 4.36. The number of rotatable bonds is 5. The molecule has 0 atom stereocenters. The van der Waals surface area contributed by atoms with Crippen molar-refractivity contribution in [2.75, 3.05) is 32.0 Å². The molecule has 0 unspecified atom stereocenters. The lowest BCUT2D eigenvalue weighted by Gasteiger charge is -2.38. The Morgan fingerprint density at radius 3 is 2.55 bits per heavy atom. The number of imidazole rings is 1. The Hall–Kier alpha value is -3.82. The molecule has 5 aromatic rings. The van der Waals surface area contributed by atoms with Crippen molar-refractivity contribution >= 4 is 27.9 Å². The van der Waals surface area contributed by atoms with E-state index in [4.69, 9.17) is 20.6 Å². The standard InChI is InChI=1S/C29H32N8O/c30-28-26-27(20-6-11-23-24(17-20)34-25(33-23)16-19-4-2-1-3-5-19)35-37(29(26)32-18-31-28)22-9-7-21(8-10-22)36-12-14-38-15-13-36/h1-6,11,17-18,21-22H,7-10,12-16H2,(H,33,34)(H2,30,31,32). The van der Waals surface area contributed by atoms with E-state index in [-0.39, 0.29) is 0 Å². The molecule has 9 heteroatoms. The fourth-order valence-electron chi connectivity index (χ4n) is 6.15. The summed E-state index contributed by atoms with van der Waals surface area (Å²) < 4.78 is 7.66. The van der Waals surface area contributed by atoms with Crippen LogP contribution in [0.25, 0.3) is 33.3 Å². The van der Waals surface area contributed by atoms with Crippen LogP contribution in [-0.2, 0) is 11.2 Å². The van der Waals surface area contributed by atoms with Gasteiger partial charge in [0.25, 0.3) is 0 Å². The molecule has 1 saturated heterocycles. The number of nitrogen functional groups attached to an aromatic ring is 1. The lowest BCUT2D eigenvalue weighted by Crippen LogP contribution is -2.45. The van der Waals surface area contributed by atoms with Crippen LogP contribution >= 0.6 is 0 Å². The number of aromatic nitrogens is 6. The summed E-state index contributed by atoms with van der Waals surface area (Å²) in [4.78, 5) is 19.9. The van der Waals surface area contributed by atoms with Crippen molar-refractivity contribution in [3.8, 4) is 11.3 Å². The molecule has 0 radical (unpaired) electrons. The highest BCUT2D eigenvalue weighted by molar-refractivity contribution is 5.99. The van der Waals surface area contributed by atoms with Gasteiger partial charge in [0.1, 0.15) is 23.7 Å². The molecule has 194 valence electrons. The number of morpholine rings is 1. The van der Waals surface area contributed by atoms with E-state index in [1.54, 1.807) is 6.33 Å². The van der Waals surface area contributed by atoms with Gasteiger partial charge in [-0.15, -0.1) is 0 Å². The topological polar surface area (TPSA) is 111 Å². The van der Waals surface area contributed by atoms with Gasteiger partial charge >= 0.3 is 0 Å². The fraction of sp³-hybridized carbons (Fsp3) is 0.379. The summed E-state index contributed by atoms with van der Waals surface area (Å²) in [5.41, 5.74) is 12.2. The molecule has 0 spiro atoms. The Morgan fingerprint density at radius 2 is 1.74 bits per heavy atom. The lowest BCUT2D eigenvalue weighted by molar-refractivity contribution is 0.00520. The molecule has 1 saturated carbocycles. The van der Waals surface area contributed by atoms with E-state index in [1.807, 2.05) is 12.1 Å². The first-order valence-corrected chi connectivity index (χ1v) is 13.6. The van der Waals surface area contributed by atoms with Gasteiger partial charge < -0.3 is 15.5 Å². The third kappa shape index (κ3) is 4.31. The van der Waals surface area contributed by atoms with E-state index in [2.05, 4.69) is 60.9 Å². The molecule has 38 heavy (non-hydrogen) atoms. The van der Waals surface area contributed by atoms with Crippen molar-refractivity contribution in [1.82, 2.24) is 34.6 Å². The fourth-order valence-corrected chi connectivity index (χ4v) is 6.15. The number of ether oxygens (including phenoxy) is 1. The summed E-state index contributed by atoms with van der Waals surface area (Å²) >= 11 is 0. The maximum Gasteiger partial charge on any atom is 0.164 e. The monoisotopic (exact) mass is 508 g/mol. The van der Waals surface area contributed by atoms with Crippen molar-refractivity contribution in [2.45, 2.75) is 44.2 Å². The van der Waals surface area contributed by atoms with Gasteiger partial charge in [0.2, 0.25) is 0 Å². The van der Waals surface area contributed by atoms with Crippen molar-refractivity contribution < 1.29 is 4.74 Å². The minimum absolute atomic E-state index is 0.297. The third-order valence-corrected chi connectivity index (χ3v) is 8.11. The second kappa shape index (κ2) is 9.81. The van der Waals surface area contributed by atoms with Crippen LogP contribution in [0.15, 0.2) is 54.9 Å². The Bertz CT molecular complexity index is 1560. The van der Waals surface area contributed by atoms with Gasteiger partial charge in [-0.25, -0.2) is 19.6 Å². The van der Waals surface area contributed by atoms with E-state index in [0.29, 0.717) is 17.9 Å². The number of hydrogen-bond donors (Lipinski definition) is 2. The minimum Gasteiger partial charge on any atom is -0.383 e. The van der Waals surface area contributed by atoms with E-state index < -0.39 is 0 Å². The Kier molecular flexibility index (Phi) is 6.02. The molecular formula is C29H32N8O. The predicted molar refractivity (Wildman–Crippen MR) is 148 cm³/mol. The average molecular weight is 509 g/mol. The zero-order valence-corrected chi connectivity index (χ0v) is 21.4. The van der Waals surface area contributed by atoms with Gasteiger partial charge in [-0.3, -0.25) is 4.90 Å². The van der Waals surface area contributed by atoms with Gasteiger partial charge in [0.05, 0.1) is 35.7 Å². The van der Waals surface area contributed by atoms with Gasteiger partial charge in [-0.05, 0) is 43.4 Å². The van der Waals surface area contributed by atoms with E-state index in [9.17, 15) is 0 Å². The first-order valence-electron chi connectivity index (χ1n) is 13.6. The largest absolute Gasteiger partial charge is 0.383 e. The molecule has 0 bridgehead atoms. The Labute approximate surface area is 221 Å². The van der Waals surface area contributed by atoms with Crippen LogP contribution in [0, 0.1) is 0 Å². The van der Waals surface area contributed by atoms with Crippen LogP contribution in [0.2, 0.25) is 0 Å². The number of fused-ring (bicyclic) bond motifs is 2. The van der Waals surface area contributed by atoms with E-state index >= 15 is 0 Å². The minimum atomic E-state index is 0.297. The average Bonchev–Trinajstić information content (AvgIpc) is 3.56. The van der Waals surface area contributed by atoms with Crippen LogP contribution in [0.5, 0.6) is 0 Å². The number of nitrogens with two attached hydrogens (primary N) is 1. The van der Waals surface area contributed by atoms with Crippen molar-refractivity contribution in [2.24, 2.45) is 0 Å². The van der Waals surface area contributed by atoms with Crippen molar-refractivity contribution in [3.63, 3.8) is 0 Å². The van der Waals surface area contributed by atoms with Crippen molar-refractivity contribution in [3.05, 3.63) is 66.2 Å².